The van der Waals surface area contributed by atoms with Crippen molar-refractivity contribution in [2.24, 2.45) is 0 Å². The van der Waals surface area contributed by atoms with Crippen LogP contribution < -0.4 is 0 Å². The van der Waals surface area contributed by atoms with E-state index in [1.807, 2.05) is 0 Å². The van der Waals surface area contributed by atoms with Gasteiger partial charge in [-0.3, -0.25) is 0 Å². The molecule has 21 heavy (non-hydrogen) atoms. The Kier molecular flexibility index (Phi) is 4.37. The molecule has 0 saturated carbocycles. The summed E-state index contributed by atoms with van der Waals surface area (Å²) in [6.45, 7) is 0. The number of benzene rings is 2. The molecule has 0 heterocycles. The molecule has 6 heteroatoms. The van der Waals surface area contributed by atoms with E-state index in [-0.39, 0.29) is 16.7 Å². The van der Waals surface area contributed by atoms with E-state index in [1.54, 1.807) is 12.1 Å². The molecule has 0 aliphatic carbocycles. The summed E-state index contributed by atoms with van der Waals surface area (Å²) in [6.07, 6.45) is -4.53. The second-order valence-electron chi connectivity index (χ2n) is 4.22. The van der Waals surface area contributed by atoms with Gasteiger partial charge in [0.15, 0.2) is 0 Å². The molecule has 0 atom stereocenters. The Morgan fingerprint density at radius 3 is 2.38 bits per heavy atom. The van der Waals surface area contributed by atoms with E-state index in [0.717, 1.165) is 6.07 Å². The molecule has 0 saturated heterocycles. The van der Waals surface area contributed by atoms with Crippen molar-refractivity contribution in [2.75, 3.05) is 7.11 Å². The fourth-order valence-corrected chi connectivity index (χ4v) is 2.35. The first-order chi connectivity index (χ1) is 9.84. The minimum absolute atomic E-state index is 0.0632. The molecule has 0 radical (unpaired) electrons. The Bertz CT molecular complexity index is 681. The molecule has 0 aliphatic rings. The van der Waals surface area contributed by atoms with Gasteiger partial charge in [0.25, 0.3) is 0 Å². The lowest BCUT2D eigenvalue weighted by Crippen LogP contribution is -2.09. The number of ether oxygens (including phenoxy) is 1. The summed E-state index contributed by atoms with van der Waals surface area (Å²) in [5.41, 5.74) is -0.600. The van der Waals surface area contributed by atoms with E-state index in [9.17, 15) is 18.0 Å². The van der Waals surface area contributed by atoms with Crippen LogP contribution in [0.25, 0.3) is 11.1 Å². The molecular formula is C15H10BrF3O2. The summed E-state index contributed by atoms with van der Waals surface area (Å²) in [7, 11) is 1.19. The highest BCUT2D eigenvalue weighted by Gasteiger charge is 2.34. The van der Waals surface area contributed by atoms with Crippen molar-refractivity contribution < 1.29 is 22.7 Å². The van der Waals surface area contributed by atoms with Crippen molar-refractivity contribution in [1.82, 2.24) is 0 Å². The predicted octanol–water partition coefficient (Wildman–Crippen LogP) is 4.92. The van der Waals surface area contributed by atoms with Gasteiger partial charge in [-0.05, 0) is 29.3 Å². The fourth-order valence-electron chi connectivity index (χ4n) is 1.99. The predicted molar refractivity (Wildman–Crippen MR) is 75.9 cm³/mol. The molecular weight excluding hydrogens is 349 g/mol. The highest BCUT2D eigenvalue weighted by atomic mass is 79.9. The molecule has 0 bridgehead atoms. The van der Waals surface area contributed by atoms with Crippen molar-refractivity contribution >= 4 is 21.9 Å². The van der Waals surface area contributed by atoms with Crippen LogP contribution >= 0.6 is 15.9 Å². The first-order valence-electron chi connectivity index (χ1n) is 5.89. The molecule has 0 spiro atoms. The zero-order valence-electron chi connectivity index (χ0n) is 10.9. The topological polar surface area (TPSA) is 26.3 Å². The van der Waals surface area contributed by atoms with Crippen LogP contribution in [-0.4, -0.2) is 13.1 Å². The standard InChI is InChI=1S/C15H10BrF3O2/c1-21-14(20)12-5-3-2-4-10(12)11-7-6-9(16)8-13(11)15(17,18)19/h2-8H,1H3. The summed E-state index contributed by atoms with van der Waals surface area (Å²) >= 11 is 3.03. The van der Waals surface area contributed by atoms with Gasteiger partial charge < -0.3 is 4.74 Å². The number of alkyl halides is 3. The van der Waals surface area contributed by atoms with E-state index in [0.29, 0.717) is 4.47 Å². The van der Waals surface area contributed by atoms with Gasteiger partial charge in [0, 0.05) is 4.47 Å². The van der Waals surface area contributed by atoms with Gasteiger partial charge in [0.1, 0.15) is 0 Å². The molecule has 2 aromatic rings. The lowest BCUT2D eigenvalue weighted by atomic mass is 9.95. The van der Waals surface area contributed by atoms with Crippen molar-refractivity contribution in [3.8, 4) is 11.1 Å². The van der Waals surface area contributed by atoms with Gasteiger partial charge in [-0.15, -0.1) is 0 Å². The van der Waals surface area contributed by atoms with Gasteiger partial charge in [-0.2, -0.15) is 13.2 Å². The lowest BCUT2D eigenvalue weighted by molar-refractivity contribution is -0.137. The number of hydrogen-bond donors (Lipinski definition) is 0. The first-order valence-corrected chi connectivity index (χ1v) is 6.68. The van der Waals surface area contributed by atoms with E-state index < -0.39 is 17.7 Å². The van der Waals surface area contributed by atoms with Crippen molar-refractivity contribution in [2.45, 2.75) is 6.18 Å². The van der Waals surface area contributed by atoms with Crippen LogP contribution in [0.2, 0.25) is 0 Å². The highest BCUT2D eigenvalue weighted by molar-refractivity contribution is 9.10. The van der Waals surface area contributed by atoms with Crippen LogP contribution in [0.4, 0.5) is 13.2 Å². The molecule has 0 amide bonds. The number of esters is 1. The monoisotopic (exact) mass is 358 g/mol. The minimum atomic E-state index is -4.53. The maximum Gasteiger partial charge on any atom is 0.417 e. The Morgan fingerprint density at radius 2 is 1.76 bits per heavy atom. The van der Waals surface area contributed by atoms with Crippen LogP contribution in [0, 0.1) is 0 Å². The number of rotatable bonds is 2. The highest BCUT2D eigenvalue weighted by Crippen LogP contribution is 2.39. The zero-order chi connectivity index (χ0) is 15.6. The van der Waals surface area contributed by atoms with Gasteiger partial charge >= 0.3 is 12.1 Å². The van der Waals surface area contributed by atoms with Crippen LogP contribution in [0.15, 0.2) is 46.9 Å². The van der Waals surface area contributed by atoms with Gasteiger partial charge in [-0.1, -0.05) is 40.2 Å². The quantitative estimate of drug-likeness (QED) is 0.712. The van der Waals surface area contributed by atoms with Crippen LogP contribution in [0.3, 0.4) is 0 Å². The summed E-state index contributed by atoms with van der Waals surface area (Å²) in [6, 6.07) is 9.86. The molecule has 0 aromatic heterocycles. The number of methoxy groups -OCH3 is 1. The van der Waals surface area contributed by atoms with Gasteiger partial charge in [0.05, 0.1) is 18.2 Å². The van der Waals surface area contributed by atoms with E-state index in [2.05, 4.69) is 20.7 Å². The van der Waals surface area contributed by atoms with Crippen LogP contribution in [-0.2, 0) is 10.9 Å². The first kappa shape index (κ1) is 15.6. The average molecular weight is 359 g/mol. The average Bonchev–Trinajstić information content (AvgIpc) is 2.45. The lowest BCUT2D eigenvalue weighted by Gasteiger charge is -2.15. The normalized spacial score (nSPS) is 11.3. The van der Waals surface area contributed by atoms with Crippen molar-refractivity contribution in [1.29, 1.82) is 0 Å². The summed E-state index contributed by atoms with van der Waals surface area (Å²) in [4.78, 5) is 11.7. The van der Waals surface area contributed by atoms with Gasteiger partial charge in [-0.25, -0.2) is 4.79 Å². The summed E-state index contributed by atoms with van der Waals surface area (Å²) < 4.78 is 44.5. The molecule has 0 N–H and O–H groups in total. The number of hydrogen-bond acceptors (Lipinski definition) is 2. The Balaban J connectivity index is 2.71. The van der Waals surface area contributed by atoms with Crippen molar-refractivity contribution in [3.63, 3.8) is 0 Å². The second kappa shape index (κ2) is 5.89. The fraction of sp³-hybridized carbons (Fsp3) is 0.133. The third-order valence-corrected chi connectivity index (χ3v) is 3.40. The molecule has 110 valence electrons. The largest absolute Gasteiger partial charge is 0.465 e. The maximum absolute atomic E-state index is 13.2. The number of carbonyl (C=O) groups excluding carboxylic acids is 1. The second-order valence-corrected chi connectivity index (χ2v) is 5.14. The smallest absolute Gasteiger partial charge is 0.417 e. The molecule has 0 aliphatic heterocycles. The molecule has 2 aromatic carbocycles. The third-order valence-electron chi connectivity index (χ3n) is 2.91. The van der Waals surface area contributed by atoms with E-state index in [1.165, 1.54) is 31.4 Å². The van der Waals surface area contributed by atoms with Crippen LogP contribution in [0.5, 0.6) is 0 Å². The SMILES string of the molecule is COC(=O)c1ccccc1-c1ccc(Br)cc1C(F)(F)F. The Hall–Kier alpha value is -1.82. The molecule has 2 nitrogen and oxygen atoms in total. The van der Waals surface area contributed by atoms with E-state index in [4.69, 9.17) is 0 Å². The third kappa shape index (κ3) is 3.26. The van der Waals surface area contributed by atoms with E-state index >= 15 is 0 Å². The summed E-state index contributed by atoms with van der Waals surface area (Å²) in [5, 5.41) is 0. The van der Waals surface area contributed by atoms with Crippen LogP contribution in [0.1, 0.15) is 15.9 Å². The molecule has 2 rings (SSSR count). The molecule has 0 unspecified atom stereocenters. The Morgan fingerprint density at radius 1 is 1.10 bits per heavy atom. The number of halogens is 4. The maximum atomic E-state index is 13.2. The minimum Gasteiger partial charge on any atom is -0.465 e. The number of carbonyl (C=O) groups is 1. The zero-order valence-corrected chi connectivity index (χ0v) is 12.5. The summed E-state index contributed by atoms with van der Waals surface area (Å²) in [5.74, 6) is -0.679. The molecule has 0 fully saturated rings. The van der Waals surface area contributed by atoms with Crippen molar-refractivity contribution in [3.05, 3.63) is 58.1 Å². The van der Waals surface area contributed by atoms with Gasteiger partial charge in [0.2, 0.25) is 0 Å². The Labute approximate surface area is 127 Å².